The highest BCUT2D eigenvalue weighted by Gasteiger charge is 2.15. The van der Waals surface area contributed by atoms with Gasteiger partial charge >= 0.3 is 0 Å². The van der Waals surface area contributed by atoms with Gasteiger partial charge in [0.2, 0.25) is 0 Å². The fourth-order valence-corrected chi connectivity index (χ4v) is 2.72. The van der Waals surface area contributed by atoms with Crippen LogP contribution in [0.5, 0.6) is 5.75 Å². The van der Waals surface area contributed by atoms with E-state index in [1.165, 1.54) is 5.56 Å². The first-order valence-corrected chi connectivity index (χ1v) is 8.58. The van der Waals surface area contributed by atoms with Crippen LogP contribution in [0.1, 0.15) is 32.3 Å². The van der Waals surface area contributed by atoms with E-state index in [0.29, 0.717) is 6.61 Å². The molecule has 0 spiro atoms. The van der Waals surface area contributed by atoms with Gasteiger partial charge in [0.1, 0.15) is 12.4 Å². The van der Waals surface area contributed by atoms with Crippen molar-refractivity contribution in [2.24, 2.45) is 0 Å². The van der Waals surface area contributed by atoms with Crippen molar-refractivity contribution >= 4 is 0 Å². The predicted octanol–water partition coefficient (Wildman–Crippen LogP) is 2.68. The fraction of sp³-hybridized carbons (Fsp3) is 0.667. The monoisotopic (exact) mass is 306 g/mol. The molecule has 4 heteroatoms. The number of ether oxygens (including phenoxy) is 2. The molecule has 4 nitrogen and oxygen atoms in total. The van der Waals surface area contributed by atoms with Crippen LogP contribution in [0.2, 0.25) is 0 Å². The maximum Gasteiger partial charge on any atom is 0.119 e. The van der Waals surface area contributed by atoms with Crippen molar-refractivity contribution in [3.05, 3.63) is 29.8 Å². The van der Waals surface area contributed by atoms with E-state index in [4.69, 9.17) is 9.47 Å². The van der Waals surface area contributed by atoms with Gasteiger partial charge < -0.3 is 19.7 Å². The zero-order valence-corrected chi connectivity index (χ0v) is 14.0. The zero-order chi connectivity index (χ0) is 15.6. The normalized spacial score (nSPS) is 18.0. The van der Waals surface area contributed by atoms with Crippen molar-refractivity contribution in [2.75, 3.05) is 39.4 Å². The molecule has 22 heavy (non-hydrogen) atoms. The van der Waals surface area contributed by atoms with Crippen molar-refractivity contribution < 1.29 is 9.47 Å². The standard InChI is InChI=1S/C18H30N2O2/c1-3-20(4-2)11-10-19-14-16-7-5-8-17(13-16)22-15-18-9-6-12-21-18/h5,7-8,13,18-19H,3-4,6,9-12,14-15H2,1-2H3. The van der Waals surface area contributed by atoms with E-state index < -0.39 is 0 Å². The van der Waals surface area contributed by atoms with Gasteiger partial charge in [-0.3, -0.25) is 0 Å². The molecule has 1 heterocycles. The third kappa shape index (κ3) is 5.95. The van der Waals surface area contributed by atoms with E-state index in [2.05, 4.69) is 42.3 Å². The van der Waals surface area contributed by atoms with Crippen LogP contribution in [0.4, 0.5) is 0 Å². The van der Waals surface area contributed by atoms with Crippen molar-refractivity contribution in [2.45, 2.75) is 39.3 Å². The molecule has 1 aliphatic rings. The number of benzene rings is 1. The molecule has 1 fully saturated rings. The lowest BCUT2D eigenvalue weighted by molar-refractivity contribution is 0.0679. The molecule has 1 N–H and O–H groups in total. The molecular weight excluding hydrogens is 276 g/mol. The Kier molecular flexibility index (Phi) is 7.71. The van der Waals surface area contributed by atoms with Gasteiger partial charge in [-0.05, 0) is 43.6 Å². The molecule has 1 aromatic carbocycles. The summed E-state index contributed by atoms with van der Waals surface area (Å²) in [4.78, 5) is 2.42. The number of likely N-dealkylation sites (N-methyl/N-ethyl adjacent to an activating group) is 1. The van der Waals surface area contributed by atoms with Gasteiger partial charge in [0, 0.05) is 26.2 Å². The van der Waals surface area contributed by atoms with Crippen LogP contribution >= 0.6 is 0 Å². The highest BCUT2D eigenvalue weighted by Crippen LogP contribution is 2.17. The highest BCUT2D eigenvalue weighted by molar-refractivity contribution is 5.28. The van der Waals surface area contributed by atoms with Gasteiger partial charge in [-0.1, -0.05) is 26.0 Å². The number of rotatable bonds is 10. The van der Waals surface area contributed by atoms with E-state index in [9.17, 15) is 0 Å². The van der Waals surface area contributed by atoms with Gasteiger partial charge in [-0.25, -0.2) is 0 Å². The van der Waals surface area contributed by atoms with Crippen molar-refractivity contribution in [3.8, 4) is 5.75 Å². The Labute approximate surface area is 134 Å². The third-order valence-electron chi connectivity index (χ3n) is 4.19. The predicted molar refractivity (Wildman–Crippen MR) is 90.4 cm³/mol. The Hall–Kier alpha value is -1.10. The van der Waals surface area contributed by atoms with Crippen LogP contribution in [0.15, 0.2) is 24.3 Å². The lowest BCUT2D eigenvalue weighted by Crippen LogP contribution is -2.31. The highest BCUT2D eigenvalue weighted by atomic mass is 16.5. The molecule has 0 aromatic heterocycles. The fourth-order valence-electron chi connectivity index (χ4n) is 2.72. The first-order chi connectivity index (χ1) is 10.8. The molecule has 1 aromatic rings. The lowest BCUT2D eigenvalue weighted by Gasteiger charge is -2.18. The summed E-state index contributed by atoms with van der Waals surface area (Å²) >= 11 is 0. The van der Waals surface area contributed by atoms with Crippen LogP contribution in [-0.4, -0.2) is 50.4 Å². The molecule has 0 amide bonds. The minimum absolute atomic E-state index is 0.274. The SMILES string of the molecule is CCN(CC)CCNCc1cccc(OCC2CCCO2)c1. The van der Waals surface area contributed by atoms with Crippen molar-refractivity contribution in [3.63, 3.8) is 0 Å². The van der Waals surface area contributed by atoms with Gasteiger partial charge in [0.15, 0.2) is 0 Å². The van der Waals surface area contributed by atoms with Crippen LogP contribution in [0.25, 0.3) is 0 Å². The summed E-state index contributed by atoms with van der Waals surface area (Å²) in [6.07, 6.45) is 2.55. The van der Waals surface area contributed by atoms with Crippen molar-refractivity contribution in [1.29, 1.82) is 0 Å². The molecule has 1 atom stereocenters. The second-order valence-corrected chi connectivity index (χ2v) is 5.80. The number of hydrogen-bond donors (Lipinski definition) is 1. The second-order valence-electron chi connectivity index (χ2n) is 5.80. The van der Waals surface area contributed by atoms with Gasteiger partial charge in [-0.2, -0.15) is 0 Å². The maximum atomic E-state index is 5.85. The Morgan fingerprint density at radius 2 is 2.18 bits per heavy atom. The summed E-state index contributed by atoms with van der Waals surface area (Å²) in [6, 6.07) is 8.35. The first-order valence-electron chi connectivity index (χ1n) is 8.58. The average molecular weight is 306 g/mol. The van der Waals surface area contributed by atoms with Crippen molar-refractivity contribution in [1.82, 2.24) is 10.2 Å². The minimum Gasteiger partial charge on any atom is -0.491 e. The van der Waals surface area contributed by atoms with E-state index in [-0.39, 0.29) is 6.10 Å². The molecule has 124 valence electrons. The summed E-state index contributed by atoms with van der Waals surface area (Å²) in [5.74, 6) is 0.943. The van der Waals surface area contributed by atoms with Crippen LogP contribution in [0, 0.1) is 0 Å². The second kappa shape index (κ2) is 9.82. The largest absolute Gasteiger partial charge is 0.491 e. The Balaban J connectivity index is 1.69. The zero-order valence-electron chi connectivity index (χ0n) is 14.0. The Morgan fingerprint density at radius 1 is 1.32 bits per heavy atom. The quantitative estimate of drug-likeness (QED) is 0.674. The molecule has 0 bridgehead atoms. The smallest absolute Gasteiger partial charge is 0.119 e. The molecule has 2 rings (SSSR count). The minimum atomic E-state index is 0.274. The van der Waals surface area contributed by atoms with Gasteiger partial charge in [0.25, 0.3) is 0 Å². The van der Waals surface area contributed by atoms with E-state index in [1.54, 1.807) is 0 Å². The summed E-state index contributed by atoms with van der Waals surface area (Å²) in [7, 11) is 0. The molecule has 1 aliphatic heterocycles. The third-order valence-corrected chi connectivity index (χ3v) is 4.19. The summed E-state index contributed by atoms with van der Waals surface area (Å²) in [5, 5.41) is 3.50. The summed E-state index contributed by atoms with van der Waals surface area (Å²) in [6.45, 7) is 11.2. The average Bonchev–Trinajstić information content (AvgIpc) is 3.07. The number of hydrogen-bond acceptors (Lipinski definition) is 4. The van der Waals surface area contributed by atoms with Crippen LogP contribution < -0.4 is 10.1 Å². The molecule has 0 aliphatic carbocycles. The first kappa shape index (κ1) is 17.3. The summed E-state index contributed by atoms with van der Waals surface area (Å²) < 4.78 is 11.4. The topological polar surface area (TPSA) is 33.7 Å². The number of nitrogens with one attached hydrogen (secondary N) is 1. The van der Waals surface area contributed by atoms with E-state index >= 15 is 0 Å². The van der Waals surface area contributed by atoms with Gasteiger partial charge in [0.05, 0.1) is 6.10 Å². The van der Waals surface area contributed by atoms with Gasteiger partial charge in [-0.15, -0.1) is 0 Å². The Morgan fingerprint density at radius 3 is 2.91 bits per heavy atom. The molecule has 1 saturated heterocycles. The maximum absolute atomic E-state index is 5.85. The van der Waals surface area contributed by atoms with E-state index in [0.717, 1.165) is 57.9 Å². The van der Waals surface area contributed by atoms with Crippen LogP contribution in [-0.2, 0) is 11.3 Å². The van der Waals surface area contributed by atoms with E-state index in [1.807, 2.05) is 6.07 Å². The molecule has 0 saturated carbocycles. The Bertz CT molecular complexity index is 415. The molecular formula is C18H30N2O2. The molecule has 0 radical (unpaired) electrons. The van der Waals surface area contributed by atoms with Crippen LogP contribution in [0.3, 0.4) is 0 Å². The lowest BCUT2D eigenvalue weighted by atomic mass is 10.2. The summed E-state index contributed by atoms with van der Waals surface area (Å²) in [5.41, 5.74) is 1.27. The number of nitrogens with zero attached hydrogens (tertiary/aromatic N) is 1. The molecule has 1 unspecified atom stereocenters.